The second-order valence-corrected chi connectivity index (χ2v) is 3.57. The number of allylic oxidation sites excluding steroid dienone is 2. The van der Waals surface area contributed by atoms with Gasteiger partial charge in [-0.15, -0.1) is 0 Å². The van der Waals surface area contributed by atoms with E-state index < -0.39 is 5.97 Å². The summed E-state index contributed by atoms with van der Waals surface area (Å²) in [6, 6.07) is 0. The molecule has 0 unspecified atom stereocenters. The Labute approximate surface area is 79.0 Å². The first-order valence-electron chi connectivity index (χ1n) is 4.76. The maximum absolute atomic E-state index is 10.6. The number of rotatable bonds is 3. The van der Waals surface area contributed by atoms with E-state index in [1.165, 1.54) is 0 Å². The summed E-state index contributed by atoms with van der Waals surface area (Å²) < 4.78 is 0. The van der Waals surface area contributed by atoms with E-state index in [0.717, 1.165) is 19.3 Å². The van der Waals surface area contributed by atoms with Crippen LogP contribution in [0.3, 0.4) is 0 Å². The highest BCUT2D eigenvalue weighted by molar-refractivity contribution is 5.90. The van der Waals surface area contributed by atoms with Crippen LogP contribution < -0.4 is 0 Å². The number of hydrogen-bond donors (Lipinski definition) is 1. The Morgan fingerprint density at radius 2 is 2.15 bits per heavy atom. The first kappa shape index (κ1) is 10.0. The van der Waals surface area contributed by atoms with Crippen LogP contribution in [0.1, 0.15) is 33.1 Å². The van der Waals surface area contributed by atoms with Gasteiger partial charge in [0.15, 0.2) is 0 Å². The fraction of sp³-hybridized carbons (Fsp3) is 0.545. The fourth-order valence-electron chi connectivity index (χ4n) is 1.65. The predicted octanol–water partition coefficient (Wildman–Crippen LogP) is 2.76. The van der Waals surface area contributed by atoms with Crippen molar-refractivity contribution >= 4 is 5.97 Å². The lowest BCUT2D eigenvalue weighted by atomic mass is 9.76. The van der Waals surface area contributed by atoms with Crippen molar-refractivity contribution in [3.05, 3.63) is 23.8 Å². The minimum atomic E-state index is -0.822. The maximum atomic E-state index is 10.6. The molecule has 0 aromatic carbocycles. The molecule has 1 rings (SSSR count). The summed E-state index contributed by atoms with van der Waals surface area (Å²) >= 11 is 0. The zero-order valence-electron chi connectivity index (χ0n) is 8.21. The molecule has 0 atom stereocenters. The van der Waals surface area contributed by atoms with E-state index in [0.29, 0.717) is 5.57 Å². The van der Waals surface area contributed by atoms with Crippen molar-refractivity contribution in [1.82, 2.24) is 0 Å². The summed E-state index contributed by atoms with van der Waals surface area (Å²) in [5, 5.41) is 8.73. The lowest BCUT2D eigenvalue weighted by Crippen LogP contribution is -2.18. The summed E-state index contributed by atoms with van der Waals surface area (Å²) in [5.74, 6) is -0.822. The van der Waals surface area contributed by atoms with Crippen molar-refractivity contribution in [2.75, 3.05) is 0 Å². The Morgan fingerprint density at radius 3 is 2.46 bits per heavy atom. The molecule has 0 heterocycles. The molecule has 0 saturated carbocycles. The molecule has 2 heteroatoms. The van der Waals surface area contributed by atoms with Crippen molar-refractivity contribution in [3.63, 3.8) is 0 Å². The van der Waals surface area contributed by atoms with Gasteiger partial charge in [0.1, 0.15) is 0 Å². The third-order valence-corrected chi connectivity index (χ3v) is 3.00. The van der Waals surface area contributed by atoms with Crippen LogP contribution >= 0.6 is 0 Å². The molecule has 13 heavy (non-hydrogen) atoms. The first-order chi connectivity index (χ1) is 6.13. The number of aliphatic carboxylic acids is 1. The standard InChI is InChI=1S/C11H16O2/c1-3-11(4-2)7-5-9(6-8-11)10(12)13/h5-7H,3-4,8H2,1-2H3,(H,12,13). The molecule has 1 N–H and O–H groups in total. The predicted molar refractivity (Wildman–Crippen MR) is 52.5 cm³/mol. The molecule has 2 nitrogen and oxygen atoms in total. The van der Waals surface area contributed by atoms with E-state index in [1.54, 1.807) is 6.08 Å². The maximum Gasteiger partial charge on any atom is 0.335 e. The molecule has 0 bridgehead atoms. The van der Waals surface area contributed by atoms with Crippen LogP contribution in [0.4, 0.5) is 0 Å². The molecule has 0 aliphatic heterocycles. The highest BCUT2D eigenvalue weighted by atomic mass is 16.4. The topological polar surface area (TPSA) is 37.3 Å². The second kappa shape index (κ2) is 3.77. The Hall–Kier alpha value is -1.05. The Kier molecular flexibility index (Phi) is 2.91. The van der Waals surface area contributed by atoms with Gasteiger partial charge in [-0.3, -0.25) is 0 Å². The van der Waals surface area contributed by atoms with Gasteiger partial charge in [0.05, 0.1) is 5.57 Å². The zero-order valence-corrected chi connectivity index (χ0v) is 8.21. The van der Waals surface area contributed by atoms with E-state index in [2.05, 4.69) is 19.9 Å². The number of carbonyl (C=O) groups is 1. The van der Waals surface area contributed by atoms with Crippen LogP contribution in [-0.4, -0.2) is 11.1 Å². The average molecular weight is 180 g/mol. The minimum absolute atomic E-state index is 0.207. The van der Waals surface area contributed by atoms with Gasteiger partial charge in [-0.05, 0) is 24.7 Å². The lowest BCUT2D eigenvalue weighted by Gasteiger charge is -2.29. The van der Waals surface area contributed by atoms with Gasteiger partial charge >= 0.3 is 5.97 Å². The van der Waals surface area contributed by atoms with Gasteiger partial charge in [0.25, 0.3) is 0 Å². The van der Waals surface area contributed by atoms with Crippen molar-refractivity contribution in [1.29, 1.82) is 0 Å². The molecular weight excluding hydrogens is 164 g/mol. The van der Waals surface area contributed by atoms with E-state index in [9.17, 15) is 4.79 Å². The molecule has 0 saturated heterocycles. The Bertz CT molecular complexity index is 257. The lowest BCUT2D eigenvalue weighted by molar-refractivity contribution is -0.132. The summed E-state index contributed by atoms with van der Waals surface area (Å²) in [6.07, 6.45) is 8.62. The monoisotopic (exact) mass is 180 g/mol. The van der Waals surface area contributed by atoms with Gasteiger partial charge in [0.2, 0.25) is 0 Å². The van der Waals surface area contributed by atoms with Crippen LogP contribution in [0.25, 0.3) is 0 Å². The SMILES string of the molecule is CCC1(CC)C=CC(C(=O)O)=CC1. The Morgan fingerprint density at radius 1 is 1.54 bits per heavy atom. The number of carboxylic acids is 1. The van der Waals surface area contributed by atoms with Crippen LogP contribution in [-0.2, 0) is 4.79 Å². The molecule has 0 spiro atoms. The molecular formula is C11H16O2. The normalized spacial score (nSPS) is 19.7. The highest BCUT2D eigenvalue weighted by Crippen LogP contribution is 2.36. The van der Waals surface area contributed by atoms with Gasteiger partial charge < -0.3 is 5.11 Å². The molecule has 0 fully saturated rings. The van der Waals surface area contributed by atoms with Gasteiger partial charge in [-0.2, -0.15) is 0 Å². The second-order valence-electron chi connectivity index (χ2n) is 3.57. The van der Waals surface area contributed by atoms with Crippen molar-refractivity contribution in [2.45, 2.75) is 33.1 Å². The van der Waals surface area contributed by atoms with Crippen molar-refractivity contribution in [2.24, 2.45) is 5.41 Å². The minimum Gasteiger partial charge on any atom is -0.478 e. The van der Waals surface area contributed by atoms with Gasteiger partial charge in [-0.1, -0.05) is 32.1 Å². The van der Waals surface area contributed by atoms with Crippen molar-refractivity contribution < 1.29 is 9.90 Å². The van der Waals surface area contributed by atoms with Crippen LogP contribution in [0.2, 0.25) is 0 Å². The molecule has 0 aromatic heterocycles. The average Bonchev–Trinajstić information content (AvgIpc) is 2.18. The molecule has 1 aliphatic carbocycles. The van der Waals surface area contributed by atoms with Crippen molar-refractivity contribution in [3.8, 4) is 0 Å². The molecule has 72 valence electrons. The van der Waals surface area contributed by atoms with Crippen LogP contribution in [0, 0.1) is 5.41 Å². The number of carboxylic acid groups (broad SMARTS) is 1. The van der Waals surface area contributed by atoms with E-state index in [1.807, 2.05) is 6.08 Å². The van der Waals surface area contributed by atoms with E-state index >= 15 is 0 Å². The van der Waals surface area contributed by atoms with Gasteiger partial charge in [-0.25, -0.2) is 4.79 Å². The molecule has 0 amide bonds. The van der Waals surface area contributed by atoms with Crippen LogP contribution in [0.5, 0.6) is 0 Å². The molecule has 0 aromatic rings. The summed E-state index contributed by atoms with van der Waals surface area (Å²) in [4.78, 5) is 10.6. The van der Waals surface area contributed by atoms with E-state index in [4.69, 9.17) is 5.11 Å². The molecule has 1 aliphatic rings. The highest BCUT2D eigenvalue weighted by Gasteiger charge is 2.25. The van der Waals surface area contributed by atoms with E-state index in [-0.39, 0.29) is 5.41 Å². The third-order valence-electron chi connectivity index (χ3n) is 3.00. The first-order valence-corrected chi connectivity index (χ1v) is 4.76. The zero-order chi connectivity index (χ0) is 9.90. The van der Waals surface area contributed by atoms with Gasteiger partial charge in [0, 0.05) is 0 Å². The van der Waals surface area contributed by atoms with Crippen LogP contribution in [0.15, 0.2) is 23.8 Å². The molecule has 0 radical (unpaired) electrons. The number of hydrogen-bond acceptors (Lipinski definition) is 1. The fourth-order valence-corrected chi connectivity index (χ4v) is 1.65. The Balaban J connectivity index is 2.77. The smallest absolute Gasteiger partial charge is 0.335 e. The largest absolute Gasteiger partial charge is 0.478 e. The third kappa shape index (κ3) is 2.00. The summed E-state index contributed by atoms with van der Waals surface area (Å²) in [5.41, 5.74) is 0.636. The summed E-state index contributed by atoms with van der Waals surface area (Å²) in [6.45, 7) is 4.29. The quantitative estimate of drug-likeness (QED) is 0.725. The summed E-state index contributed by atoms with van der Waals surface area (Å²) in [7, 11) is 0.